The van der Waals surface area contributed by atoms with Crippen molar-refractivity contribution in [3.05, 3.63) is 65.7 Å². The van der Waals surface area contributed by atoms with Gasteiger partial charge in [-0.3, -0.25) is 0 Å². The van der Waals surface area contributed by atoms with Gasteiger partial charge in [-0.2, -0.15) is 0 Å². The third-order valence-corrected chi connectivity index (χ3v) is 2.43. The summed E-state index contributed by atoms with van der Waals surface area (Å²) in [6, 6.07) is 16.2. The van der Waals surface area contributed by atoms with Gasteiger partial charge in [-0.1, -0.05) is 30.3 Å². The van der Waals surface area contributed by atoms with Crippen molar-refractivity contribution in [3.63, 3.8) is 0 Å². The number of carbonyl (C=O) groups is 1. The second-order valence-electron chi connectivity index (χ2n) is 3.82. The fourth-order valence-corrected chi connectivity index (χ4v) is 1.45. The Morgan fingerprint density at radius 3 is 2.39 bits per heavy atom. The number of nitrogen functional groups attached to an aromatic ring is 1. The molecule has 0 saturated heterocycles. The summed E-state index contributed by atoms with van der Waals surface area (Å²) in [6.07, 6.45) is 0. The Hall–Kier alpha value is -2.33. The molecule has 18 heavy (non-hydrogen) atoms. The third-order valence-electron chi connectivity index (χ3n) is 2.43. The van der Waals surface area contributed by atoms with Crippen molar-refractivity contribution in [1.82, 2.24) is 5.48 Å². The van der Waals surface area contributed by atoms with Gasteiger partial charge in [0.2, 0.25) is 0 Å². The van der Waals surface area contributed by atoms with Crippen LogP contribution in [0.15, 0.2) is 54.6 Å². The molecule has 0 aliphatic carbocycles. The number of nitrogens with one attached hydrogen (secondary N) is 1. The van der Waals surface area contributed by atoms with Gasteiger partial charge in [-0.25, -0.2) is 4.79 Å². The molecule has 0 heterocycles. The molecular weight excluding hydrogens is 228 g/mol. The van der Waals surface area contributed by atoms with Gasteiger partial charge in [0.25, 0.3) is 0 Å². The predicted octanol–water partition coefficient (Wildman–Crippen LogP) is 2.13. The molecule has 0 radical (unpaired) electrons. The summed E-state index contributed by atoms with van der Waals surface area (Å²) in [7, 11) is 0. The van der Waals surface area contributed by atoms with Gasteiger partial charge < -0.3 is 10.6 Å². The molecule has 92 valence electrons. The Morgan fingerprint density at radius 2 is 1.72 bits per heavy atom. The van der Waals surface area contributed by atoms with Crippen LogP contribution in [0.2, 0.25) is 0 Å². The highest BCUT2D eigenvalue weighted by atomic mass is 16.7. The molecule has 2 aromatic carbocycles. The predicted molar refractivity (Wildman–Crippen MR) is 69.6 cm³/mol. The van der Waals surface area contributed by atoms with Gasteiger partial charge in [0.05, 0.1) is 12.1 Å². The first-order valence-corrected chi connectivity index (χ1v) is 5.59. The highest BCUT2D eigenvalue weighted by Gasteiger charge is 2.05. The normalized spacial score (nSPS) is 10.0. The molecule has 2 aromatic rings. The first-order chi connectivity index (χ1) is 8.75. The summed E-state index contributed by atoms with van der Waals surface area (Å²) < 4.78 is 0. The van der Waals surface area contributed by atoms with Crippen molar-refractivity contribution in [2.75, 3.05) is 5.73 Å². The lowest BCUT2D eigenvalue weighted by atomic mass is 10.2. The molecule has 0 aromatic heterocycles. The number of carbonyl (C=O) groups excluding carboxylic acids is 1. The Bertz CT molecular complexity index is 509. The van der Waals surface area contributed by atoms with E-state index in [-0.39, 0.29) is 0 Å². The third kappa shape index (κ3) is 3.33. The highest BCUT2D eigenvalue weighted by Crippen LogP contribution is 2.05. The molecule has 0 unspecified atom stereocenters. The number of hydroxylamine groups is 1. The topological polar surface area (TPSA) is 64.3 Å². The molecule has 3 N–H and O–H groups in total. The van der Waals surface area contributed by atoms with Crippen molar-refractivity contribution in [3.8, 4) is 0 Å². The summed E-state index contributed by atoms with van der Waals surface area (Å²) in [5.74, 6) is -0.397. The lowest BCUT2D eigenvalue weighted by Crippen LogP contribution is -2.19. The lowest BCUT2D eigenvalue weighted by Gasteiger charge is -2.06. The quantitative estimate of drug-likeness (QED) is 0.636. The fourth-order valence-electron chi connectivity index (χ4n) is 1.45. The molecule has 0 bridgehead atoms. The Labute approximate surface area is 105 Å². The summed E-state index contributed by atoms with van der Waals surface area (Å²) in [5.41, 5.74) is 10.4. The lowest BCUT2D eigenvalue weighted by molar-refractivity contribution is 0.0237. The molecule has 2 rings (SSSR count). The number of rotatable bonds is 4. The Morgan fingerprint density at radius 1 is 1.06 bits per heavy atom. The van der Waals surface area contributed by atoms with Crippen LogP contribution in [0, 0.1) is 0 Å². The maximum Gasteiger partial charge on any atom is 0.356 e. The Balaban J connectivity index is 1.82. The SMILES string of the molecule is Nc1ccc(CNOC(=O)c2ccccc2)cc1. The van der Waals surface area contributed by atoms with Gasteiger partial charge in [-0.15, -0.1) is 5.48 Å². The van der Waals surface area contributed by atoms with Crippen molar-refractivity contribution in [1.29, 1.82) is 0 Å². The zero-order valence-corrected chi connectivity index (χ0v) is 9.80. The summed E-state index contributed by atoms with van der Waals surface area (Å²) in [6.45, 7) is 0.443. The zero-order chi connectivity index (χ0) is 12.8. The van der Waals surface area contributed by atoms with Gasteiger partial charge in [-0.05, 0) is 29.8 Å². The standard InChI is InChI=1S/C14H14N2O2/c15-13-8-6-11(7-9-13)10-16-18-14(17)12-4-2-1-3-5-12/h1-9,16H,10,15H2. The number of hydrogen-bond donors (Lipinski definition) is 2. The van der Waals surface area contributed by atoms with Crippen LogP contribution in [0.3, 0.4) is 0 Å². The largest absolute Gasteiger partial charge is 0.399 e. The van der Waals surface area contributed by atoms with E-state index < -0.39 is 5.97 Å². The molecule has 0 saturated carbocycles. The number of benzene rings is 2. The minimum absolute atomic E-state index is 0.397. The molecule has 0 aliphatic rings. The van der Waals surface area contributed by atoms with Crippen molar-refractivity contribution >= 4 is 11.7 Å². The van der Waals surface area contributed by atoms with Crippen LogP contribution < -0.4 is 11.2 Å². The monoisotopic (exact) mass is 242 g/mol. The first kappa shape index (κ1) is 12.1. The fraction of sp³-hybridized carbons (Fsp3) is 0.0714. The molecular formula is C14H14N2O2. The zero-order valence-electron chi connectivity index (χ0n) is 9.80. The van der Waals surface area contributed by atoms with E-state index in [1.165, 1.54) is 0 Å². The second-order valence-corrected chi connectivity index (χ2v) is 3.82. The number of anilines is 1. The number of nitrogens with two attached hydrogens (primary N) is 1. The number of hydrogen-bond acceptors (Lipinski definition) is 4. The van der Waals surface area contributed by atoms with Gasteiger partial charge in [0.15, 0.2) is 0 Å². The van der Waals surface area contributed by atoms with Gasteiger partial charge >= 0.3 is 5.97 Å². The van der Waals surface area contributed by atoms with Crippen LogP contribution in [0.5, 0.6) is 0 Å². The van der Waals surface area contributed by atoms with Crippen LogP contribution in [0.1, 0.15) is 15.9 Å². The van der Waals surface area contributed by atoms with E-state index in [0.717, 1.165) is 5.56 Å². The highest BCUT2D eigenvalue weighted by molar-refractivity contribution is 5.89. The smallest absolute Gasteiger partial charge is 0.356 e. The maximum absolute atomic E-state index is 11.6. The molecule has 0 spiro atoms. The molecule has 4 nitrogen and oxygen atoms in total. The van der Waals surface area contributed by atoms with Crippen LogP contribution in [-0.4, -0.2) is 5.97 Å². The minimum atomic E-state index is -0.397. The van der Waals surface area contributed by atoms with Crippen LogP contribution >= 0.6 is 0 Å². The minimum Gasteiger partial charge on any atom is -0.399 e. The summed E-state index contributed by atoms with van der Waals surface area (Å²) >= 11 is 0. The van der Waals surface area contributed by atoms with E-state index in [1.54, 1.807) is 36.4 Å². The van der Waals surface area contributed by atoms with Gasteiger partial charge in [0.1, 0.15) is 0 Å². The van der Waals surface area contributed by atoms with E-state index in [2.05, 4.69) is 5.48 Å². The van der Waals surface area contributed by atoms with Crippen LogP contribution in [0.25, 0.3) is 0 Å². The molecule has 0 aliphatic heterocycles. The molecule has 4 heteroatoms. The summed E-state index contributed by atoms with van der Waals surface area (Å²) in [5, 5.41) is 0. The van der Waals surface area contributed by atoms with Gasteiger partial charge in [0, 0.05) is 5.69 Å². The first-order valence-electron chi connectivity index (χ1n) is 5.59. The molecule has 0 fully saturated rings. The van der Waals surface area contributed by atoms with E-state index in [0.29, 0.717) is 17.8 Å². The van der Waals surface area contributed by atoms with Crippen LogP contribution in [-0.2, 0) is 11.4 Å². The average Bonchev–Trinajstić information content (AvgIpc) is 2.42. The van der Waals surface area contributed by atoms with E-state index in [9.17, 15) is 4.79 Å². The Kier molecular flexibility index (Phi) is 3.94. The summed E-state index contributed by atoms with van der Waals surface area (Å²) in [4.78, 5) is 16.5. The van der Waals surface area contributed by atoms with Crippen molar-refractivity contribution in [2.45, 2.75) is 6.54 Å². The van der Waals surface area contributed by atoms with Crippen molar-refractivity contribution in [2.24, 2.45) is 0 Å². The van der Waals surface area contributed by atoms with Crippen molar-refractivity contribution < 1.29 is 9.63 Å². The second kappa shape index (κ2) is 5.84. The van der Waals surface area contributed by atoms with E-state index in [1.807, 2.05) is 18.2 Å². The molecule has 0 atom stereocenters. The van der Waals surface area contributed by atoms with E-state index in [4.69, 9.17) is 10.6 Å². The molecule has 0 amide bonds. The van der Waals surface area contributed by atoms with Crippen LogP contribution in [0.4, 0.5) is 5.69 Å². The average molecular weight is 242 g/mol. The maximum atomic E-state index is 11.6. The van der Waals surface area contributed by atoms with E-state index >= 15 is 0 Å².